The smallest absolute Gasteiger partial charge is 0.379 e. The third kappa shape index (κ3) is 3.26. The summed E-state index contributed by atoms with van der Waals surface area (Å²) in [5.41, 5.74) is 0.676. The predicted octanol–water partition coefficient (Wildman–Crippen LogP) is 3.58. The van der Waals surface area contributed by atoms with E-state index in [1.807, 2.05) is 6.07 Å². The van der Waals surface area contributed by atoms with E-state index in [-0.39, 0.29) is 6.54 Å². The van der Waals surface area contributed by atoms with E-state index in [1.54, 1.807) is 6.07 Å². The van der Waals surface area contributed by atoms with Crippen molar-refractivity contribution in [3.63, 3.8) is 0 Å². The number of hydrogen-bond donors (Lipinski definition) is 1. The summed E-state index contributed by atoms with van der Waals surface area (Å²) in [6, 6.07) is 8.57. The molecule has 0 spiro atoms. The quantitative estimate of drug-likeness (QED) is 0.932. The molecule has 3 nitrogen and oxygen atoms in total. The molecule has 1 N–H and O–H groups in total. The normalized spacial score (nSPS) is 10.9. The van der Waals surface area contributed by atoms with Crippen LogP contribution in [0.25, 0.3) is 0 Å². The van der Waals surface area contributed by atoms with E-state index in [2.05, 4.69) is 10.3 Å². The van der Waals surface area contributed by atoms with Crippen LogP contribution in [0, 0.1) is 11.3 Å². The zero-order valence-electron chi connectivity index (χ0n) is 10.3. The van der Waals surface area contributed by atoms with E-state index in [4.69, 9.17) is 5.26 Å². The number of nitrogens with zero attached hydrogens (tertiary/aromatic N) is 2. The van der Waals surface area contributed by atoms with Crippen LogP contribution in [-0.4, -0.2) is 4.98 Å². The molecule has 0 aliphatic rings. The van der Waals surface area contributed by atoms with E-state index in [1.165, 1.54) is 24.5 Å². The van der Waals surface area contributed by atoms with Gasteiger partial charge in [0.15, 0.2) is 0 Å². The summed E-state index contributed by atoms with van der Waals surface area (Å²) in [6.45, 7) is 0.185. The molecule has 0 bridgehead atoms. The Kier molecular flexibility index (Phi) is 3.89. The van der Waals surface area contributed by atoms with Crippen molar-refractivity contribution in [2.24, 2.45) is 0 Å². The Morgan fingerprint density at radius 1 is 1.25 bits per heavy atom. The first-order chi connectivity index (χ1) is 9.50. The fourth-order valence-corrected chi connectivity index (χ4v) is 1.69. The maximum Gasteiger partial charge on any atom is 0.416 e. The Morgan fingerprint density at radius 2 is 2.05 bits per heavy atom. The number of aromatic nitrogens is 1. The van der Waals surface area contributed by atoms with Crippen molar-refractivity contribution in [3.05, 3.63) is 59.4 Å². The molecule has 2 aromatic rings. The van der Waals surface area contributed by atoms with Crippen LogP contribution >= 0.6 is 0 Å². The third-order valence-corrected chi connectivity index (χ3v) is 2.68. The lowest BCUT2D eigenvalue weighted by Gasteiger charge is -2.10. The van der Waals surface area contributed by atoms with Crippen LogP contribution in [0.1, 0.15) is 16.7 Å². The summed E-state index contributed by atoms with van der Waals surface area (Å²) in [5.74, 6) is 0. The van der Waals surface area contributed by atoms with Crippen molar-refractivity contribution >= 4 is 5.69 Å². The van der Waals surface area contributed by atoms with Gasteiger partial charge in [0.1, 0.15) is 6.07 Å². The summed E-state index contributed by atoms with van der Waals surface area (Å²) in [5, 5.41) is 11.8. The molecule has 0 atom stereocenters. The largest absolute Gasteiger partial charge is 0.416 e. The van der Waals surface area contributed by atoms with Gasteiger partial charge in [-0.15, -0.1) is 0 Å². The van der Waals surface area contributed by atoms with E-state index in [0.717, 1.165) is 12.1 Å². The maximum atomic E-state index is 12.6. The van der Waals surface area contributed by atoms with E-state index < -0.39 is 11.7 Å². The minimum atomic E-state index is -4.36. The van der Waals surface area contributed by atoms with Crippen molar-refractivity contribution in [1.29, 1.82) is 5.26 Å². The first-order valence-corrected chi connectivity index (χ1v) is 5.75. The molecule has 1 aromatic carbocycles. The zero-order valence-corrected chi connectivity index (χ0v) is 10.3. The number of nitriles is 1. The molecule has 6 heteroatoms. The second-order valence-electron chi connectivity index (χ2n) is 4.08. The summed E-state index contributed by atoms with van der Waals surface area (Å²) in [7, 11) is 0. The molecule has 0 aliphatic carbocycles. The first-order valence-electron chi connectivity index (χ1n) is 5.75. The number of anilines is 1. The molecule has 0 unspecified atom stereocenters. The van der Waals surface area contributed by atoms with Crippen LogP contribution in [-0.2, 0) is 12.7 Å². The summed E-state index contributed by atoms with van der Waals surface area (Å²) in [4.78, 5) is 3.87. The van der Waals surface area contributed by atoms with E-state index in [9.17, 15) is 13.2 Å². The average Bonchev–Trinajstić information content (AvgIpc) is 2.45. The second-order valence-corrected chi connectivity index (χ2v) is 4.08. The average molecular weight is 277 g/mol. The van der Waals surface area contributed by atoms with Gasteiger partial charge in [0.25, 0.3) is 0 Å². The molecule has 1 heterocycles. The molecule has 0 fully saturated rings. The fraction of sp³-hybridized carbons (Fsp3) is 0.143. The number of benzene rings is 1. The highest BCUT2D eigenvalue weighted by Crippen LogP contribution is 2.29. The molecule has 0 aliphatic heterocycles. The second kappa shape index (κ2) is 5.61. The van der Waals surface area contributed by atoms with E-state index in [0.29, 0.717) is 16.8 Å². The third-order valence-electron chi connectivity index (χ3n) is 2.68. The lowest BCUT2D eigenvalue weighted by Crippen LogP contribution is -2.07. The Morgan fingerprint density at radius 3 is 2.75 bits per heavy atom. The minimum absolute atomic E-state index is 0.185. The van der Waals surface area contributed by atoms with Crippen molar-refractivity contribution in [3.8, 4) is 6.07 Å². The molecule has 2 rings (SSSR count). The summed E-state index contributed by atoms with van der Waals surface area (Å²) < 4.78 is 37.7. The Hall–Kier alpha value is -2.55. The highest BCUT2D eigenvalue weighted by atomic mass is 19.4. The maximum absolute atomic E-state index is 12.6. The standard InChI is InChI=1S/C14H10F3N3/c15-14(16,17)12-3-1-2-10(6-12)8-20-13-9-19-5-4-11(13)7-18/h1-6,9,20H,8H2. The predicted molar refractivity (Wildman–Crippen MR) is 67.7 cm³/mol. The molecule has 102 valence electrons. The summed E-state index contributed by atoms with van der Waals surface area (Å²) >= 11 is 0. The van der Waals surface area contributed by atoms with Gasteiger partial charge in [0.05, 0.1) is 23.0 Å². The highest BCUT2D eigenvalue weighted by Gasteiger charge is 2.30. The molecule has 0 saturated carbocycles. The van der Waals surface area contributed by atoms with Crippen molar-refractivity contribution in [1.82, 2.24) is 4.98 Å². The van der Waals surface area contributed by atoms with Gasteiger partial charge in [0.2, 0.25) is 0 Å². The number of nitrogens with one attached hydrogen (secondary N) is 1. The van der Waals surface area contributed by atoms with Crippen LogP contribution in [0.3, 0.4) is 0 Å². The number of alkyl halides is 3. The van der Waals surface area contributed by atoms with Crippen LogP contribution in [0.4, 0.5) is 18.9 Å². The molecular weight excluding hydrogens is 267 g/mol. The minimum Gasteiger partial charge on any atom is -0.379 e. The van der Waals surface area contributed by atoms with Crippen LogP contribution in [0.5, 0.6) is 0 Å². The van der Waals surface area contributed by atoms with Gasteiger partial charge in [-0.3, -0.25) is 4.98 Å². The molecule has 20 heavy (non-hydrogen) atoms. The Bertz CT molecular complexity index is 645. The Balaban J connectivity index is 2.14. The topological polar surface area (TPSA) is 48.7 Å². The molecule has 0 saturated heterocycles. The first kappa shape index (κ1) is 13.9. The lowest BCUT2D eigenvalue weighted by atomic mass is 10.1. The van der Waals surface area contributed by atoms with Gasteiger partial charge in [-0.2, -0.15) is 18.4 Å². The molecule has 0 radical (unpaired) electrons. The fourth-order valence-electron chi connectivity index (χ4n) is 1.69. The van der Waals surface area contributed by atoms with Gasteiger partial charge in [0, 0.05) is 12.7 Å². The van der Waals surface area contributed by atoms with Gasteiger partial charge in [-0.1, -0.05) is 12.1 Å². The number of rotatable bonds is 3. The van der Waals surface area contributed by atoms with Gasteiger partial charge >= 0.3 is 6.18 Å². The van der Waals surface area contributed by atoms with Crippen LogP contribution in [0.2, 0.25) is 0 Å². The number of halogens is 3. The highest BCUT2D eigenvalue weighted by molar-refractivity contribution is 5.55. The Labute approximate surface area is 113 Å². The number of pyridine rings is 1. The van der Waals surface area contributed by atoms with Crippen molar-refractivity contribution < 1.29 is 13.2 Å². The monoisotopic (exact) mass is 277 g/mol. The summed E-state index contributed by atoms with van der Waals surface area (Å²) in [6.07, 6.45) is -1.41. The molecular formula is C14H10F3N3. The lowest BCUT2D eigenvalue weighted by molar-refractivity contribution is -0.137. The van der Waals surface area contributed by atoms with Crippen LogP contribution < -0.4 is 5.32 Å². The van der Waals surface area contributed by atoms with Gasteiger partial charge in [-0.05, 0) is 23.8 Å². The van der Waals surface area contributed by atoms with Crippen LogP contribution in [0.15, 0.2) is 42.7 Å². The van der Waals surface area contributed by atoms with Crippen molar-refractivity contribution in [2.75, 3.05) is 5.32 Å². The SMILES string of the molecule is N#Cc1ccncc1NCc1cccc(C(F)(F)F)c1. The molecule has 0 amide bonds. The van der Waals surface area contributed by atoms with Gasteiger partial charge in [-0.25, -0.2) is 0 Å². The van der Waals surface area contributed by atoms with Gasteiger partial charge < -0.3 is 5.32 Å². The van der Waals surface area contributed by atoms with Crippen molar-refractivity contribution in [2.45, 2.75) is 12.7 Å². The van der Waals surface area contributed by atoms with E-state index >= 15 is 0 Å². The number of hydrogen-bond acceptors (Lipinski definition) is 3. The molecule has 1 aromatic heterocycles. The zero-order chi connectivity index (χ0) is 14.6.